The lowest BCUT2D eigenvalue weighted by atomic mass is 10.3. The highest BCUT2D eigenvalue weighted by atomic mass is 16.4. The second-order valence-electron chi connectivity index (χ2n) is 5.30. The second kappa shape index (κ2) is 5.21. The van der Waals surface area contributed by atoms with E-state index >= 15 is 0 Å². The van der Waals surface area contributed by atoms with Crippen LogP contribution in [0.15, 0.2) is 27.2 Å². The highest BCUT2D eigenvalue weighted by molar-refractivity contribution is 5.17. The Morgan fingerprint density at radius 1 is 1.26 bits per heavy atom. The number of aromatic nitrogens is 1. The zero-order valence-corrected chi connectivity index (χ0v) is 11.5. The molecule has 2 heterocycles. The topological polar surface area (TPSA) is 51.2 Å². The maximum atomic E-state index is 5.83. The van der Waals surface area contributed by atoms with E-state index in [4.69, 9.17) is 8.83 Å². The number of aryl methyl sites for hydroxylation is 1. The fourth-order valence-electron chi connectivity index (χ4n) is 2.29. The third kappa shape index (κ3) is 2.89. The van der Waals surface area contributed by atoms with Gasteiger partial charge in [0.2, 0.25) is 5.89 Å². The number of rotatable bonds is 6. The lowest BCUT2D eigenvalue weighted by molar-refractivity contribution is 0.414. The van der Waals surface area contributed by atoms with Crippen LogP contribution in [-0.4, -0.2) is 4.98 Å². The molecule has 0 saturated heterocycles. The van der Waals surface area contributed by atoms with Gasteiger partial charge in [-0.25, -0.2) is 4.98 Å². The van der Waals surface area contributed by atoms with Crippen molar-refractivity contribution >= 4 is 0 Å². The zero-order valence-electron chi connectivity index (χ0n) is 11.5. The molecule has 2 aromatic rings. The maximum Gasteiger partial charge on any atom is 0.208 e. The van der Waals surface area contributed by atoms with Gasteiger partial charge in [0.25, 0.3) is 0 Å². The van der Waals surface area contributed by atoms with E-state index in [1.54, 1.807) is 6.20 Å². The third-order valence-electron chi connectivity index (χ3n) is 3.68. The normalized spacial score (nSPS) is 21.8. The monoisotopic (exact) mass is 260 g/mol. The van der Waals surface area contributed by atoms with E-state index in [0.717, 1.165) is 35.5 Å². The molecule has 1 aliphatic carbocycles. The minimum Gasteiger partial charge on any atom is -0.464 e. The van der Waals surface area contributed by atoms with Crippen molar-refractivity contribution in [3.8, 4) is 0 Å². The van der Waals surface area contributed by atoms with Gasteiger partial charge >= 0.3 is 0 Å². The molecule has 2 atom stereocenters. The van der Waals surface area contributed by atoms with Crippen LogP contribution in [0.2, 0.25) is 0 Å². The van der Waals surface area contributed by atoms with Crippen molar-refractivity contribution in [2.24, 2.45) is 5.92 Å². The van der Waals surface area contributed by atoms with Crippen LogP contribution in [-0.2, 0) is 19.5 Å². The lowest BCUT2D eigenvalue weighted by Gasteiger charge is -1.99. The number of hydrogen-bond donors (Lipinski definition) is 1. The zero-order chi connectivity index (χ0) is 13.2. The van der Waals surface area contributed by atoms with Crippen molar-refractivity contribution in [2.75, 3.05) is 0 Å². The quantitative estimate of drug-likeness (QED) is 0.866. The Bertz CT molecular complexity index is 544. The molecule has 0 aliphatic heterocycles. The molecule has 1 fully saturated rings. The van der Waals surface area contributed by atoms with Crippen LogP contribution in [0.3, 0.4) is 0 Å². The van der Waals surface area contributed by atoms with Gasteiger partial charge in [0.15, 0.2) is 0 Å². The number of nitrogens with zero attached hydrogens (tertiary/aromatic N) is 1. The Hall–Kier alpha value is -1.55. The van der Waals surface area contributed by atoms with Gasteiger partial charge < -0.3 is 14.2 Å². The van der Waals surface area contributed by atoms with E-state index in [-0.39, 0.29) is 0 Å². The van der Waals surface area contributed by atoms with Gasteiger partial charge in [-0.2, -0.15) is 0 Å². The molecule has 0 aromatic carbocycles. The molecule has 2 unspecified atom stereocenters. The van der Waals surface area contributed by atoms with Gasteiger partial charge in [0.1, 0.15) is 17.3 Å². The molecule has 4 nitrogen and oxygen atoms in total. The summed E-state index contributed by atoms with van der Waals surface area (Å²) in [6.45, 7) is 5.67. The molecule has 2 aromatic heterocycles. The Kier molecular flexibility index (Phi) is 3.42. The van der Waals surface area contributed by atoms with E-state index in [1.165, 1.54) is 6.42 Å². The molecular formula is C15H20N2O2. The molecular weight excluding hydrogens is 240 g/mol. The van der Waals surface area contributed by atoms with Gasteiger partial charge in [0.05, 0.1) is 19.3 Å². The summed E-state index contributed by atoms with van der Waals surface area (Å²) in [6, 6.07) is 4.16. The van der Waals surface area contributed by atoms with Crippen molar-refractivity contribution in [1.82, 2.24) is 10.3 Å². The minimum absolute atomic E-state index is 0.635. The van der Waals surface area contributed by atoms with Gasteiger partial charge in [-0.3, -0.25) is 0 Å². The number of nitrogens with one attached hydrogen (secondary N) is 1. The molecule has 4 heteroatoms. The molecule has 0 spiro atoms. The Morgan fingerprint density at radius 2 is 2.11 bits per heavy atom. The van der Waals surface area contributed by atoms with Crippen molar-refractivity contribution in [1.29, 1.82) is 0 Å². The van der Waals surface area contributed by atoms with E-state index in [9.17, 15) is 0 Å². The maximum absolute atomic E-state index is 5.83. The fraction of sp³-hybridized carbons (Fsp3) is 0.533. The van der Waals surface area contributed by atoms with Crippen LogP contribution in [0.5, 0.6) is 0 Å². The third-order valence-corrected chi connectivity index (χ3v) is 3.68. The highest BCUT2D eigenvalue weighted by Gasteiger charge is 2.36. The van der Waals surface area contributed by atoms with Crippen molar-refractivity contribution in [3.05, 3.63) is 41.5 Å². The van der Waals surface area contributed by atoms with E-state index in [1.807, 2.05) is 0 Å². The minimum atomic E-state index is 0.635. The number of furan rings is 1. The smallest absolute Gasteiger partial charge is 0.208 e. The van der Waals surface area contributed by atoms with Gasteiger partial charge in [-0.05, 0) is 24.5 Å². The van der Waals surface area contributed by atoms with Crippen LogP contribution < -0.4 is 5.32 Å². The average molecular weight is 260 g/mol. The molecule has 0 radical (unpaired) electrons. The van der Waals surface area contributed by atoms with Crippen LogP contribution >= 0.6 is 0 Å². The van der Waals surface area contributed by atoms with Gasteiger partial charge in [0, 0.05) is 12.3 Å². The first-order valence-electron chi connectivity index (χ1n) is 6.99. The van der Waals surface area contributed by atoms with E-state index in [2.05, 4.69) is 36.3 Å². The largest absolute Gasteiger partial charge is 0.464 e. The van der Waals surface area contributed by atoms with Gasteiger partial charge in [-0.1, -0.05) is 13.8 Å². The molecule has 19 heavy (non-hydrogen) atoms. The number of hydrogen-bond acceptors (Lipinski definition) is 4. The Morgan fingerprint density at radius 3 is 2.79 bits per heavy atom. The summed E-state index contributed by atoms with van der Waals surface area (Å²) in [5, 5.41) is 3.29. The number of oxazole rings is 1. The van der Waals surface area contributed by atoms with Gasteiger partial charge in [-0.15, -0.1) is 0 Å². The van der Waals surface area contributed by atoms with Crippen molar-refractivity contribution < 1.29 is 8.83 Å². The first kappa shape index (κ1) is 12.5. The summed E-state index contributed by atoms with van der Waals surface area (Å²) < 4.78 is 11.4. The molecule has 0 bridgehead atoms. The van der Waals surface area contributed by atoms with E-state index in [0.29, 0.717) is 19.0 Å². The predicted molar refractivity (Wildman–Crippen MR) is 71.7 cm³/mol. The molecule has 1 saturated carbocycles. The summed E-state index contributed by atoms with van der Waals surface area (Å²) in [6.07, 6.45) is 3.93. The SMILES string of the molecule is CCc1cnc(CNCc2ccc(C3CC3C)o2)o1. The standard InChI is InChI=1S/C15H20N2O2/c1-3-11-8-17-15(19-11)9-16-7-12-4-5-14(18-12)13-6-10(13)2/h4-5,8,10,13,16H,3,6-7,9H2,1-2H3. The van der Waals surface area contributed by atoms with Crippen molar-refractivity contribution in [2.45, 2.75) is 45.7 Å². The fourth-order valence-corrected chi connectivity index (χ4v) is 2.29. The average Bonchev–Trinajstić information content (AvgIpc) is 2.86. The molecule has 0 amide bonds. The van der Waals surface area contributed by atoms with Crippen molar-refractivity contribution in [3.63, 3.8) is 0 Å². The van der Waals surface area contributed by atoms with E-state index < -0.39 is 0 Å². The summed E-state index contributed by atoms with van der Waals surface area (Å²) in [4.78, 5) is 4.21. The molecule has 102 valence electrons. The van der Waals surface area contributed by atoms with Crippen LogP contribution in [0.1, 0.15) is 49.4 Å². The van der Waals surface area contributed by atoms with Crippen LogP contribution in [0.25, 0.3) is 0 Å². The molecule has 1 N–H and O–H groups in total. The first-order chi connectivity index (χ1) is 9.26. The highest BCUT2D eigenvalue weighted by Crippen LogP contribution is 2.47. The predicted octanol–water partition coefficient (Wildman–Crippen LogP) is 3.24. The Labute approximate surface area is 113 Å². The summed E-state index contributed by atoms with van der Waals surface area (Å²) in [7, 11) is 0. The molecule has 3 rings (SSSR count). The summed E-state index contributed by atoms with van der Waals surface area (Å²) in [5.41, 5.74) is 0. The Balaban J connectivity index is 1.48. The van der Waals surface area contributed by atoms with Crippen LogP contribution in [0, 0.1) is 5.92 Å². The van der Waals surface area contributed by atoms with Crippen LogP contribution in [0.4, 0.5) is 0 Å². The summed E-state index contributed by atoms with van der Waals surface area (Å²) in [5.74, 6) is 5.21. The lowest BCUT2D eigenvalue weighted by Crippen LogP contribution is -2.12. The second-order valence-corrected chi connectivity index (χ2v) is 5.30. The first-order valence-corrected chi connectivity index (χ1v) is 6.99. The summed E-state index contributed by atoms with van der Waals surface area (Å²) >= 11 is 0. The molecule has 1 aliphatic rings.